The second kappa shape index (κ2) is 13.7. The molecular formula is C29H32Cl3N3O4S. The Bertz CT molecular complexity index is 1440. The second-order valence-electron chi connectivity index (χ2n) is 9.59. The number of hydrogen-bond acceptors (Lipinski definition) is 4. The molecule has 0 fully saturated rings. The van der Waals surface area contributed by atoms with Crippen LogP contribution in [-0.2, 0) is 26.2 Å². The van der Waals surface area contributed by atoms with Crippen molar-refractivity contribution in [2.24, 2.45) is 0 Å². The Kier molecular flexibility index (Phi) is 10.9. The number of halogens is 3. The Hall–Kier alpha value is -2.78. The Balaban J connectivity index is 2.12. The molecule has 2 amide bonds. The van der Waals surface area contributed by atoms with Gasteiger partial charge in [-0.15, -0.1) is 0 Å². The Morgan fingerprint density at radius 1 is 0.875 bits per heavy atom. The highest BCUT2D eigenvalue weighted by molar-refractivity contribution is 7.92. The monoisotopic (exact) mass is 623 g/mol. The summed E-state index contributed by atoms with van der Waals surface area (Å²) in [5.74, 6) is -1.00. The lowest BCUT2D eigenvalue weighted by Crippen LogP contribution is -2.53. The van der Waals surface area contributed by atoms with E-state index in [1.54, 1.807) is 55.5 Å². The third kappa shape index (κ3) is 7.49. The number of carbonyl (C=O) groups is 2. The van der Waals surface area contributed by atoms with Crippen molar-refractivity contribution in [3.05, 3.63) is 92.9 Å². The molecule has 0 radical (unpaired) electrons. The molecule has 0 spiro atoms. The van der Waals surface area contributed by atoms with Crippen LogP contribution >= 0.6 is 34.8 Å². The van der Waals surface area contributed by atoms with Gasteiger partial charge in [-0.2, -0.15) is 0 Å². The Morgan fingerprint density at radius 2 is 1.45 bits per heavy atom. The van der Waals surface area contributed by atoms with Crippen LogP contribution in [-0.4, -0.2) is 43.8 Å². The van der Waals surface area contributed by atoms with Gasteiger partial charge in [0.1, 0.15) is 12.6 Å². The lowest BCUT2D eigenvalue weighted by atomic mass is 10.1. The van der Waals surface area contributed by atoms with E-state index in [1.807, 2.05) is 20.8 Å². The molecule has 1 atom stereocenters. The van der Waals surface area contributed by atoms with Crippen molar-refractivity contribution < 1.29 is 18.0 Å². The summed E-state index contributed by atoms with van der Waals surface area (Å²) < 4.78 is 28.8. The van der Waals surface area contributed by atoms with E-state index < -0.39 is 28.5 Å². The van der Waals surface area contributed by atoms with Gasteiger partial charge in [0.05, 0.1) is 15.6 Å². The fourth-order valence-corrected chi connectivity index (χ4v) is 6.40. The first-order valence-corrected chi connectivity index (χ1v) is 15.3. The molecule has 7 nitrogen and oxygen atoms in total. The van der Waals surface area contributed by atoms with Gasteiger partial charge in [0.2, 0.25) is 11.8 Å². The minimum Gasteiger partial charge on any atom is -0.352 e. The number of nitrogens with one attached hydrogen (secondary N) is 1. The first kappa shape index (κ1) is 31.7. The van der Waals surface area contributed by atoms with Crippen molar-refractivity contribution in [3.63, 3.8) is 0 Å². The molecular weight excluding hydrogens is 593 g/mol. The summed E-state index contributed by atoms with van der Waals surface area (Å²) in [6.07, 6.45) is 0.267. The van der Waals surface area contributed by atoms with Crippen molar-refractivity contribution in [3.8, 4) is 0 Å². The minimum atomic E-state index is -4.23. The standard InChI is InChI=1S/C29H32Cl3N3O4S/c1-5-26(29(37)33-19(2)3)34(17-22-23(30)10-8-11-24(22)31)28(36)18-35(27-12-7-6-9-25(27)32)40(38,39)21-15-13-20(4)14-16-21/h6-16,19,26H,5,17-18H2,1-4H3,(H,33,37). The highest BCUT2D eigenvalue weighted by atomic mass is 35.5. The summed E-state index contributed by atoms with van der Waals surface area (Å²) in [6.45, 7) is 6.52. The molecule has 0 aromatic heterocycles. The smallest absolute Gasteiger partial charge is 0.264 e. The quantitative estimate of drug-likeness (QED) is 0.265. The molecule has 0 aliphatic carbocycles. The summed E-state index contributed by atoms with van der Waals surface area (Å²) in [5.41, 5.74) is 1.46. The zero-order valence-corrected chi connectivity index (χ0v) is 25.8. The fraction of sp³-hybridized carbons (Fsp3) is 0.310. The number of hydrogen-bond donors (Lipinski definition) is 1. The van der Waals surface area contributed by atoms with E-state index in [1.165, 1.54) is 23.1 Å². The Labute approximate surface area is 251 Å². The zero-order valence-electron chi connectivity index (χ0n) is 22.7. The van der Waals surface area contributed by atoms with Crippen molar-refractivity contribution in [2.75, 3.05) is 10.8 Å². The average Bonchev–Trinajstić information content (AvgIpc) is 2.89. The van der Waals surface area contributed by atoms with Crippen LogP contribution in [0.25, 0.3) is 0 Å². The van der Waals surface area contributed by atoms with Crippen LogP contribution in [0.1, 0.15) is 38.3 Å². The second-order valence-corrected chi connectivity index (χ2v) is 12.7. The van der Waals surface area contributed by atoms with E-state index in [0.29, 0.717) is 15.6 Å². The van der Waals surface area contributed by atoms with Crippen molar-refractivity contribution in [1.29, 1.82) is 0 Å². The summed E-state index contributed by atoms with van der Waals surface area (Å²) >= 11 is 19.3. The third-order valence-electron chi connectivity index (χ3n) is 6.22. The van der Waals surface area contributed by atoms with Gasteiger partial charge in [-0.1, -0.05) is 77.6 Å². The van der Waals surface area contributed by atoms with E-state index in [4.69, 9.17) is 34.8 Å². The number of carbonyl (C=O) groups excluding carboxylic acids is 2. The number of amides is 2. The van der Waals surface area contributed by atoms with Crippen LogP contribution in [0.3, 0.4) is 0 Å². The van der Waals surface area contributed by atoms with E-state index >= 15 is 0 Å². The molecule has 3 aromatic rings. The maximum atomic E-state index is 14.1. The molecule has 0 bridgehead atoms. The van der Waals surface area contributed by atoms with Gasteiger partial charge in [-0.25, -0.2) is 8.42 Å². The number of sulfonamides is 1. The maximum absolute atomic E-state index is 14.1. The van der Waals surface area contributed by atoms with Gasteiger partial charge in [-0.05, 0) is 63.6 Å². The first-order chi connectivity index (χ1) is 18.9. The summed E-state index contributed by atoms with van der Waals surface area (Å²) in [4.78, 5) is 28.6. The van der Waals surface area contributed by atoms with E-state index in [0.717, 1.165) is 9.87 Å². The van der Waals surface area contributed by atoms with E-state index in [9.17, 15) is 18.0 Å². The molecule has 1 N–H and O–H groups in total. The minimum absolute atomic E-state index is 0.00360. The molecule has 214 valence electrons. The number of para-hydroxylation sites is 1. The summed E-state index contributed by atoms with van der Waals surface area (Å²) in [7, 11) is -4.23. The topological polar surface area (TPSA) is 86.8 Å². The fourth-order valence-electron chi connectivity index (χ4n) is 4.16. The number of aryl methyl sites for hydroxylation is 1. The largest absolute Gasteiger partial charge is 0.352 e. The Morgan fingerprint density at radius 3 is 2.00 bits per heavy atom. The lowest BCUT2D eigenvalue weighted by Gasteiger charge is -2.34. The third-order valence-corrected chi connectivity index (χ3v) is 9.02. The predicted octanol–water partition coefficient (Wildman–Crippen LogP) is 6.48. The summed E-state index contributed by atoms with van der Waals surface area (Å²) in [5, 5.41) is 3.64. The number of nitrogens with zero attached hydrogens (tertiary/aromatic N) is 2. The molecule has 1 unspecified atom stereocenters. The van der Waals surface area contributed by atoms with Crippen LogP contribution in [0, 0.1) is 6.92 Å². The van der Waals surface area contributed by atoms with Crippen LogP contribution in [0.5, 0.6) is 0 Å². The molecule has 0 aliphatic heterocycles. The number of rotatable bonds is 11. The van der Waals surface area contributed by atoms with Gasteiger partial charge in [-0.3, -0.25) is 13.9 Å². The van der Waals surface area contributed by atoms with Gasteiger partial charge < -0.3 is 10.2 Å². The SMILES string of the molecule is CCC(C(=O)NC(C)C)N(Cc1c(Cl)cccc1Cl)C(=O)CN(c1ccccc1Cl)S(=O)(=O)c1ccc(C)cc1. The van der Waals surface area contributed by atoms with Gasteiger partial charge in [0.25, 0.3) is 10.0 Å². The van der Waals surface area contributed by atoms with Crippen LogP contribution < -0.4 is 9.62 Å². The average molecular weight is 625 g/mol. The van der Waals surface area contributed by atoms with Gasteiger partial charge in [0.15, 0.2) is 0 Å². The predicted molar refractivity (Wildman–Crippen MR) is 162 cm³/mol. The van der Waals surface area contributed by atoms with Crippen molar-refractivity contribution >= 4 is 62.3 Å². The molecule has 11 heteroatoms. The van der Waals surface area contributed by atoms with Gasteiger partial charge >= 0.3 is 0 Å². The highest BCUT2D eigenvalue weighted by Gasteiger charge is 2.35. The lowest BCUT2D eigenvalue weighted by molar-refractivity contribution is -0.140. The highest BCUT2D eigenvalue weighted by Crippen LogP contribution is 2.32. The summed E-state index contributed by atoms with van der Waals surface area (Å²) in [6, 6.07) is 16.5. The maximum Gasteiger partial charge on any atom is 0.264 e. The number of benzene rings is 3. The van der Waals surface area contributed by atoms with Crippen molar-refractivity contribution in [1.82, 2.24) is 10.2 Å². The molecule has 40 heavy (non-hydrogen) atoms. The van der Waals surface area contributed by atoms with Crippen molar-refractivity contribution in [2.45, 2.75) is 57.6 Å². The van der Waals surface area contributed by atoms with E-state index in [-0.39, 0.29) is 40.5 Å². The first-order valence-electron chi connectivity index (χ1n) is 12.7. The zero-order chi connectivity index (χ0) is 29.6. The molecule has 0 saturated carbocycles. The molecule has 3 aromatic carbocycles. The van der Waals surface area contributed by atoms with Crippen LogP contribution in [0.2, 0.25) is 15.1 Å². The van der Waals surface area contributed by atoms with E-state index in [2.05, 4.69) is 5.32 Å². The molecule has 0 saturated heterocycles. The molecule has 0 aliphatic rings. The van der Waals surface area contributed by atoms with Crippen LogP contribution in [0.15, 0.2) is 71.6 Å². The number of anilines is 1. The molecule has 3 rings (SSSR count). The molecule has 0 heterocycles. The van der Waals surface area contributed by atoms with Crippen LogP contribution in [0.4, 0.5) is 5.69 Å². The normalized spacial score (nSPS) is 12.2. The van der Waals surface area contributed by atoms with Gasteiger partial charge in [0, 0.05) is 28.2 Å².